The van der Waals surface area contributed by atoms with Crippen molar-refractivity contribution in [3.8, 4) is 0 Å². The van der Waals surface area contributed by atoms with E-state index in [0.29, 0.717) is 0 Å². The Morgan fingerprint density at radius 1 is 0.556 bits per heavy atom. The molecule has 6 nitrogen and oxygen atoms in total. The summed E-state index contributed by atoms with van der Waals surface area (Å²) in [4.78, 5) is 0. The Balaban J connectivity index is 0.000000338. The fraction of sp³-hybridized carbons (Fsp3) is 1.00. The van der Waals surface area contributed by atoms with Crippen LogP contribution in [0.5, 0.6) is 0 Å². The van der Waals surface area contributed by atoms with Gasteiger partial charge in [0.05, 0.1) is 12.0 Å². The van der Waals surface area contributed by atoms with Crippen LogP contribution in [-0.4, -0.2) is 87.8 Å². The Kier molecular flexibility index (Phi) is 9.64. The summed E-state index contributed by atoms with van der Waals surface area (Å²) in [6, 6.07) is 0. The minimum absolute atomic E-state index is 0.156. The Morgan fingerprint density at radius 3 is 1.04 bits per heavy atom. The van der Waals surface area contributed by atoms with Gasteiger partial charge in [0.15, 0.2) is 0 Å². The second-order valence-electron chi connectivity index (χ2n) is 11.0. The van der Waals surface area contributed by atoms with Gasteiger partial charge in [-0.2, -0.15) is 83.4 Å². The molecule has 3 fully saturated rings. The molecule has 0 spiro atoms. The lowest BCUT2D eigenvalue weighted by Crippen LogP contribution is -2.59. The van der Waals surface area contributed by atoms with Crippen LogP contribution in [0.4, 0.5) is 83.4 Å². The molecule has 25 heteroatoms. The van der Waals surface area contributed by atoms with Crippen LogP contribution in [0.15, 0.2) is 0 Å². The predicted molar refractivity (Wildman–Crippen MR) is 103 cm³/mol. The second-order valence-corrected chi connectivity index (χ2v) is 11.0. The van der Waals surface area contributed by atoms with Gasteiger partial charge in [0, 0.05) is 0 Å². The standard InChI is InChI=1S/C7H7F7O2.C7H9F5O2.C6H5F7O2/c1-3(2)4(8,9)5(15,6(10,11)12)16-7(3,13)14;1-4(2)3-14-6(13,5(4,8)9)7(10,11)12;1-2-3(7,8)5(14,6(11,12)13)15-4(2,9)10/h15H,1-2H3;13H,3H2,1-2H3;2,14H,1H3/t;;2-,5?/m..1/s1. The molecule has 0 radical (unpaired) electrons. The summed E-state index contributed by atoms with van der Waals surface area (Å²) in [5.41, 5.74) is -5.53. The van der Waals surface area contributed by atoms with E-state index in [4.69, 9.17) is 15.3 Å². The molecule has 3 aliphatic heterocycles. The molecule has 3 aliphatic rings. The first kappa shape index (κ1) is 41.5. The molecular weight excluding hydrogens is 697 g/mol. The van der Waals surface area contributed by atoms with Crippen LogP contribution in [0, 0.1) is 16.7 Å². The molecule has 0 amide bonds. The van der Waals surface area contributed by atoms with Gasteiger partial charge in [-0.25, -0.2) is 0 Å². The van der Waals surface area contributed by atoms with Crippen molar-refractivity contribution in [2.24, 2.45) is 16.7 Å². The molecule has 4 atom stereocenters. The van der Waals surface area contributed by atoms with Crippen molar-refractivity contribution >= 4 is 0 Å². The number of ether oxygens (including phenoxy) is 3. The van der Waals surface area contributed by atoms with Crippen molar-refractivity contribution < 1.29 is 113 Å². The lowest BCUT2D eigenvalue weighted by atomic mass is 9.82. The van der Waals surface area contributed by atoms with Gasteiger partial charge in [0.25, 0.3) is 0 Å². The molecule has 3 unspecified atom stereocenters. The first-order chi connectivity index (χ1) is 19.0. The summed E-state index contributed by atoms with van der Waals surface area (Å²) in [6.45, 7) is 1.46. The van der Waals surface area contributed by atoms with Crippen molar-refractivity contribution in [1.82, 2.24) is 0 Å². The van der Waals surface area contributed by atoms with E-state index in [-0.39, 0.29) is 20.8 Å². The number of hydrogen-bond acceptors (Lipinski definition) is 6. The molecular formula is C20H21F19O6. The SMILES string of the molecule is CC1(C)C(F)(F)OC(O)(C(F)(F)F)C1(F)F.CC1(C)COC(O)(C(F)(F)F)C1(F)F.C[C@H]1C(F)(F)OC(O)(C(F)(F)F)C1(F)F. The number of halogens is 19. The topological polar surface area (TPSA) is 88.4 Å². The smallest absolute Gasteiger partial charge is 0.354 e. The predicted octanol–water partition coefficient (Wildman–Crippen LogP) is 6.58. The number of hydrogen-bond donors (Lipinski definition) is 3. The largest absolute Gasteiger partial charge is 0.449 e. The molecule has 3 saturated heterocycles. The van der Waals surface area contributed by atoms with Gasteiger partial charge < -0.3 is 20.1 Å². The second kappa shape index (κ2) is 10.5. The van der Waals surface area contributed by atoms with E-state index >= 15 is 0 Å². The highest BCUT2D eigenvalue weighted by Crippen LogP contribution is 2.65. The van der Waals surface area contributed by atoms with E-state index in [2.05, 4.69) is 14.2 Å². The van der Waals surface area contributed by atoms with E-state index in [1.54, 1.807) is 0 Å². The highest BCUT2D eigenvalue weighted by Gasteiger charge is 2.88. The van der Waals surface area contributed by atoms with E-state index in [1.807, 2.05) is 0 Å². The van der Waals surface area contributed by atoms with Gasteiger partial charge in [-0.1, -0.05) is 13.8 Å². The Bertz CT molecular complexity index is 1090. The maximum absolute atomic E-state index is 13.2. The maximum atomic E-state index is 13.2. The van der Waals surface area contributed by atoms with Crippen LogP contribution >= 0.6 is 0 Å². The first-order valence-electron chi connectivity index (χ1n) is 11.3. The van der Waals surface area contributed by atoms with Gasteiger partial charge in [-0.3, -0.25) is 9.47 Å². The molecule has 0 aromatic rings. The van der Waals surface area contributed by atoms with Crippen molar-refractivity contribution in [2.45, 2.75) is 100 Å². The third-order valence-corrected chi connectivity index (χ3v) is 7.07. The zero-order chi connectivity index (χ0) is 36.9. The Hall–Kier alpha value is -1.57. The Labute approximate surface area is 238 Å². The van der Waals surface area contributed by atoms with Crippen LogP contribution in [0.2, 0.25) is 0 Å². The number of aliphatic hydroxyl groups is 3. The van der Waals surface area contributed by atoms with Crippen LogP contribution in [0.3, 0.4) is 0 Å². The molecule has 0 aromatic carbocycles. The van der Waals surface area contributed by atoms with Crippen molar-refractivity contribution in [3.05, 3.63) is 0 Å². The average Bonchev–Trinajstić information content (AvgIpc) is 3.08. The normalized spacial score (nSPS) is 37.3. The zero-order valence-corrected chi connectivity index (χ0v) is 22.5. The molecule has 270 valence electrons. The molecule has 0 aromatic heterocycles. The molecule has 45 heavy (non-hydrogen) atoms. The summed E-state index contributed by atoms with van der Waals surface area (Å²) in [6.07, 6.45) is -27.1. The van der Waals surface area contributed by atoms with Crippen molar-refractivity contribution in [1.29, 1.82) is 0 Å². The molecule has 0 saturated carbocycles. The first-order valence-corrected chi connectivity index (χ1v) is 11.3. The van der Waals surface area contributed by atoms with Gasteiger partial charge in [-0.15, -0.1) is 0 Å². The monoisotopic (exact) mass is 718 g/mol. The summed E-state index contributed by atoms with van der Waals surface area (Å²) in [5.74, 6) is -32.4. The summed E-state index contributed by atoms with van der Waals surface area (Å²) in [5, 5.41) is 25.9. The van der Waals surface area contributed by atoms with Crippen molar-refractivity contribution in [2.75, 3.05) is 6.61 Å². The highest BCUT2D eigenvalue weighted by atomic mass is 19.4. The fourth-order valence-corrected chi connectivity index (χ4v) is 3.51. The van der Waals surface area contributed by atoms with E-state index in [9.17, 15) is 83.4 Å². The minimum Gasteiger partial charge on any atom is -0.354 e. The van der Waals surface area contributed by atoms with Crippen LogP contribution < -0.4 is 0 Å². The van der Waals surface area contributed by atoms with Crippen LogP contribution in [0.1, 0.15) is 34.6 Å². The summed E-state index contributed by atoms with van der Waals surface area (Å²) < 4.78 is 247. The molecule has 3 N–H and O–H groups in total. The number of alkyl halides is 19. The lowest BCUT2D eigenvalue weighted by Gasteiger charge is -2.34. The minimum atomic E-state index is -6.03. The third kappa shape index (κ3) is 5.69. The third-order valence-electron chi connectivity index (χ3n) is 7.07. The highest BCUT2D eigenvalue weighted by molar-refractivity contribution is 5.10. The van der Waals surface area contributed by atoms with Gasteiger partial charge in [-0.05, 0) is 20.8 Å². The van der Waals surface area contributed by atoms with E-state index in [1.165, 1.54) is 0 Å². The number of rotatable bonds is 0. The van der Waals surface area contributed by atoms with Crippen LogP contribution in [-0.2, 0) is 14.2 Å². The quantitative estimate of drug-likeness (QED) is 0.246. The van der Waals surface area contributed by atoms with Crippen LogP contribution in [0.25, 0.3) is 0 Å². The van der Waals surface area contributed by atoms with E-state index < -0.39 is 89.2 Å². The van der Waals surface area contributed by atoms with Crippen molar-refractivity contribution in [3.63, 3.8) is 0 Å². The molecule has 3 rings (SSSR count). The average molecular weight is 718 g/mol. The van der Waals surface area contributed by atoms with Gasteiger partial charge in [0.1, 0.15) is 11.3 Å². The van der Waals surface area contributed by atoms with E-state index in [0.717, 1.165) is 13.8 Å². The van der Waals surface area contributed by atoms with Gasteiger partial charge >= 0.3 is 65.9 Å². The zero-order valence-electron chi connectivity index (χ0n) is 22.5. The molecule has 0 bridgehead atoms. The molecule has 0 aliphatic carbocycles. The summed E-state index contributed by atoms with van der Waals surface area (Å²) >= 11 is 0. The van der Waals surface area contributed by atoms with Gasteiger partial charge in [0.2, 0.25) is 0 Å². The Morgan fingerprint density at radius 2 is 0.911 bits per heavy atom. The maximum Gasteiger partial charge on any atom is 0.449 e. The lowest BCUT2D eigenvalue weighted by molar-refractivity contribution is -0.433. The molecule has 3 heterocycles. The fourth-order valence-electron chi connectivity index (χ4n) is 3.51. The summed E-state index contributed by atoms with van der Waals surface area (Å²) in [7, 11) is 0.